The topological polar surface area (TPSA) is 98.5 Å². The van der Waals surface area contributed by atoms with Crippen LogP contribution < -0.4 is 5.32 Å². The number of nitrogens with one attached hydrogen (secondary N) is 1. The third-order valence-electron chi connectivity index (χ3n) is 6.91. The van der Waals surface area contributed by atoms with Gasteiger partial charge in [-0.05, 0) is 42.1 Å². The van der Waals surface area contributed by atoms with Gasteiger partial charge in [-0.3, -0.25) is 14.9 Å². The van der Waals surface area contributed by atoms with Crippen LogP contribution in [0.15, 0.2) is 18.2 Å². The summed E-state index contributed by atoms with van der Waals surface area (Å²) in [6, 6.07) is 3.67. The van der Waals surface area contributed by atoms with Gasteiger partial charge in [-0.2, -0.15) is 0 Å². The number of methoxy groups -OCH3 is 1. The number of nitrogens with zero attached hydrogens (tertiary/aromatic N) is 1. The average molecular weight is 360 g/mol. The Kier molecular flexibility index (Phi) is 4.29. The van der Waals surface area contributed by atoms with Gasteiger partial charge < -0.3 is 10.1 Å². The van der Waals surface area contributed by atoms with Gasteiger partial charge in [-0.25, -0.2) is 4.79 Å². The fraction of sp³-hybridized carbons (Fsp3) is 0.579. The van der Waals surface area contributed by atoms with E-state index in [4.69, 9.17) is 0 Å². The lowest BCUT2D eigenvalue weighted by Gasteiger charge is -2.39. The van der Waals surface area contributed by atoms with E-state index in [1.807, 2.05) is 0 Å². The molecule has 26 heavy (non-hydrogen) atoms. The molecule has 0 heterocycles. The number of amides is 1. The summed E-state index contributed by atoms with van der Waals surface area (Å²) >= 11 is 0. The molecule has 1 aromatic rings. The van der Waals surface area contributed by atoms with Gasteiger partial charge in [0.25, 0.3) is 11.6 Å². The summed E-state index contributed by atoms with van der Waals surface area (Å²) in [5, 5.41) is 14.2. The smallest absolute Gasteiger partial charge is 0.338 e. The van der Waals surface area contributed by atoms with Crippen LogP contribution in [0.2, 0.25) is 0 Å². The SMILES string of the molecule is COC(=O)c1cc(C(=O)N[C@H]2C[C@H]3CC[C@@]2(C)C3(C)C)cc([N+](=O)[O-])c1. The summed E-state index contributed by atoms with van der Waals surface area (Å²) in [7, 11) is 1.19. The first kappa shape index (κ1) is 18.4. The fourth-order valence-electron chi connectivity index (χ4n) is 4.75. The molecule has 0 unspecified atom stereocenters. The lowest BCUT2D eigenvalue weighted by Crippen LogP contribution is -2.46. The van der Waals surface area contributed by atoms with Gasteiger partial charge in [0.2, 0.25) is 0 Å². The number of esters is 1. The molecule has 0 spiro atoms. The normalized spacial score (nSPS) is 28.6. The Morgan fingerprint density at radius 3 is 2.38 bits per heavy atom. The van der Waals surface area contributed by atoms with Crippen LogP contribution in [0.4, 0.5) is 5.69 Å². The Balaban J connectivity index is 1.88. The highest BCUT2D eigenvalue weighted by Crippen LogP contribution is 2.65. The van der Waals surface area contributed by atoms with Gasteiger partial charge in [-0.15, -0.1) is 0 Å². The minimum absolute atomic E-state index is 0.000774. The third kappa shape index (κ3) is 2.66. The molecule has 1 aromatic carbocycles. The molecule has 0 saturated heterocycles. The maximum Gasteiger partial charge on any atom is 0.338 e. The molecular formula is C19H24N2O5. The molecule has 3 rings (SSSR count). The number of nitro benzene ring substituents is 1. The second-order valence-electron chi connectivity index (χ2n) is 8.15. The number of benzene rings is 1. The molecule has 1 amide bonds. The molecule has 0 radical (unpaired) electrons. The average Bonchev–Trinajstić information content (AvgIpc) is 2.93. The van der Waals surface area contributed by atoms with Gasteiger partial charge in [0, 0.05) is 23.7 Å². The molecule has 7 nitrogen and oxygen atoms in total. The van der Waals surface area contributed by atoms with Crippen LogP contribution in [-0.4, -0.2) is 30.0 Å². The first-order valence-corrected chi connectivity index (χ1v) is 8.79. The minimum atomic E-state index is -0.712. The molecule has 7 heteroatoms. The Morgan fingerprint density at radius 1 is 1.23 bits per heavy atom. The van der Waals surface area contributed by atoms with E-state index in [1.165, 1.54) is 25.7 Å². The van der Waals surface area contributed by atoms with Gasteiger partial charge >= 0.3 is 5.97 Å². The summed E-state index contributed by atoms with van der Waals surface area (Å²) in [5.74, 6) is -0.544. The van der Waals surface area contributed by atoms with E-state index in [-0.39, 0.29) is 33.7 Å². The maximum absolute atomic E-state index is 12.8. The number of rotatable bonds is 4. The Labute approximate surface area is 152 Å². The molecule has 2 bridgehead atoms. The van der Waals surface area contributed by atoms with E-state index in [2.05, 4.69) is 30.8 Å². The second-order valence-corrected chi connectivity index (χ2v) is 8.15. The van der Waals surface area contributed by atoms with Crippen molar-refractivity contribution in [2.24, 2.45) is 16.7 Å². The van der Waals surface area contributed by atoms with Crippen molar-refractivity contribution in [2.75, 3.05) is 7.11 Å². The van der Waals surface area contributed by atoms with Crippen LogP contribution >= 0.6 is 0 Å². The van der Waals surface area contributed by atoms with E-state index < -0.39 is 16.8 Å². The van der Waals surface area contributed by atoms with Gasteiger partial charge in [0.15, 0.2) is 0 Å². The summed E-state index contributed by atoms with van der Waals surface area (Å²) in [4.78, 5) is 35.1. The zero-order valence-electron chi connectivity index (χ0n) is 15.5. The van der Waals surface area contributed by atoms with E-state index in [0.29, 0.717) is 5.92 Å². The van der Waals surface area contributed by atoms with Crippen LogP contribution in [0.5, 0.6) is 0 Å². The number of hydrogen-bond acceptors (Lipinski definition) is 5. The minimum Gasteiger partial charge on any atom is -0.465 e. The van der Waals surface area contributed by atoms with E-state index >= 15 is 0 Å². The first-order valence-electron chi connectivity index (χ1n) is 8.79. The van der Waals surface area contributed by atoms with Crippen molar-refractivity contribution in [3.63, 3.8) is 0 Å². The highest BCUT2D eigenvalue weighted by molar-refractivity contribution is 5.99. The van der Waals surface area contributed by atoms with Crippen molar-refractivity contribution in [3.05, 3.63) is 39.4 Å². The summed E-state index contributed by atoms with van der Waals surface area (Å²) in [5.41, 5.74) is -0.0723. The zero-order valence-corrected chi connectivity index (χ0v) is 15.5. The van der Waals surface area contributed by atoms with Gasteiger partial charge in [-0.1, -0.05) is 20.8 Å². The highest BCUT2D eigenvalue weighted by Gasteiger charge is 2.61. The number of nitro groups is 1. The number of ether oxygens (including phenoxy) is 1. The quantitative estimate of drug-likeness (QED) is 0.504. The lowest BCUT2D eigenvalue weighted by molar-refractivity contribution is -0.384. The largest absolute Gasteiger partial charge is 0.465 e. The Bertz CT molecular complexity index is 788. The van der Waals surface area contributed by atoms with Gasteiger partial charge in [0.05, 0.1) is 17.6 Å². The number of carbonyl (C=O) groups is 2. The predicted octanol–water partition coefficient (Wildman–Crippen LogP) is 3.33. The summed E-state index contributed by atoms with van der Waals surface area (Å²) in [6.45, 7) is 6.71. The van der Waals surface area contributed by atoms with Crippen LogP contribution in [-0.2, 0) is 4.74 Å². The molecule has 1 N–H and O–H groups in total. The van der Waals surface area contributed by atoms with Crippen molar-refractivity contribution in [2.45, 2.75) is 46.1 Å². The van der Waals surface area contributed by atoms with Crippen LogP contribution in [0.3, 0.4) is 0 Å². The van der Waals surface area contributed by atoms with Crippen molar-refractivity contribution in [3.8, 4) is 0 Å². The summed E-state index contributed by atoms with van der Waals surface area (Å²) in [6.07, 6.45) is 3.13. The number of hydrogen-bond donors (Lipinski definition) is 1. The van der Waals surface area contributed by atoms with Crippen LogP contribution in [0.25, 0.3) is 0 Å². The van der Waals surface area contributed by atoms with Crippen molar-refractivity contribution < 1.29 is 19.2 Å². The molecule has 2 fully saturated rings. The molecule has 0 aromatic heterocycles. The standard InChI is InChI=1S/C19H24N2O5/c1-18(2)13-5-6-19(18,3)15(10-13)20-16(22)11-7-12(17(23)26-4)9-14(8-11)21(24)25/h7-9,13,15H,5-6,10H2,1-4H3,(H,20,22)/t13-,15+,19-/m1/s1. The number of carbonyl (C=O) groups excluding carboxylic acids is 2. The third-order valence-corrected chi connectivity index (χ3v) is 6.91. The zero-order chi connectivity index (χ0) is 19.3. The Morgan fingerprint density at radius 2 is 1.88 bits per heavy atom. The van der Waals surface area contributed by atoms with E-state index in [0.717, 1.165) is 18.9 Å². The maximum atomic E-state index is 12.8. The first-order chi connectivity index (χ1) is 12.1. The predicted molar refractivity (Wildman–Crippen MR) is 94.9 cm³/mol. The molecule has 2 aliphatic carbocycles. The molecule has 3 atom stereocenters. The highest BCUT2D eigenvalue weighted by atomic mass is 16.6. The molecular weight excluding hydrogens is 336 g/mol. The van der Waals surface area contributed by atoms with Crippen molar-refractivity contribution >= 4 is 17.6 Å². The van der Waals surface area contributed by atoms with Crippen LogP contribution in [0, 0.1) is 26.9 Å². The molecule has 0 aliphatic heterocycles. The number of non-ortho nitro benzene ring substituents is 1. The fourth-order valence-corrected chi connectivity index (χ4v) is 4.75. The Hall–Kier alpha value is -2.44. The lowest BCUT2D eigenvalue weighted by atomic mass is 9.69. The van der Waals surface area contributed by atoms with Crippen molar-refractivity contribution in [1.29, 1.82) is 0 Å². The monoisotopic (exact) mass is 360 g/mol. The van der Waals surface area contributed by atoms with Crippen molar-refractivity contribution in [1.82, 2.24) is 5.32 Å². The van der Waals surface area contributed by atoms with Crippen LogP contribution in [0.1, 0.15) is 60.7 Å². The molecule has 140 valence electrons. The molecule has 2 saturated carbocycles. The van der Waals surface area contributed by atoms with Gasteiger partial charge in [0.1, 0.15) is 0 Å². The second kappa shape index (κ2) is 6.07. The van der Waals surface area contributed by atoms with E-state index in [1.54, 1.807) is 0 Å². The number of fused-ring (bicyclic) bond motifs is 2. The summed E-state index contributed by atoms with van der Waals surface area (Å²) < 4.78 is 4.63. The molecule has 2 aliphatic rings. The van der Waals surface area contributed by atoms with E-state index in [9.17, 15) is 19.7 Å².